The Hall–Kier alpha value is -1.54. The zero-order valence-electron chi connectivity index (χ0n) is 12.0. The molecular formula is C18H18BrN. The van der Waals surface area contributed by atoms with Crippen molar-refractivity contribution < 1.29 is 0 Å². The highest BCUT2D eigenvalue weighted by molar-refractivity contribution is 9.10. The lowest BCUT2D eigenvalue weighted by Gasteiger charge is -2.18. The molecule has 0 fully saturated rings. The fraction of sp³-hybridized carbons (Fsp3) is 0.222. The van der Waals surface area contributed by atoms with Crippen LogP contribution in [0.15, 0.2) is 53.0 Å². The van der Waals surface area contributed by atoms with Crippen molar-refractivity contribution in [3.8, 4) is 11.3 Å². The van der Waals surface area contributed by atoms with E-state index in [1.54, 1.807) is 0 Å². The first-order chi connectivity index (χ1) is 9.45. The molecule has 2 heteroatoms. The van der Waals surface area contributed by atoms with Crippen LogP contribution in [0.4, 0.5) is 0 Å². The topological polar surface area (TPSA) is 15.8 Å². The standard InChI is InChI=1S/C18H18BrN/c1-18(2,3)13-8-9-16-12(10-13)11-17(20-16)14-6-4-5-7-15(14)19/h4-11,20H,1-3H3. The van der Waals surface area contributed by atoms with Crippen molar-refractivity contribution in [3.63, 3.8) is 0 Å². The molecule has 1 nitrogen and oxygen atoms in total. The van der Waals surface area contributed by atoms with Gasteiger partial charge >= 0.3 is 0 Å². The predicted molar refractivity (Wildman–Crippen MR) is 90.1 cm³/mol. The highest BCUT2D eigenvalue weighted by atomic mass is 79.9. The smallest absolute Gasteiger partial charge is 0.0476 e. The van der Waals surface area contributed by atoms with Gasteiger partial charge < -0.3 is 4.98 Å². The van der Waals surface area contributed by atoms with Crippen LogP contribution in [0.1, 0.15) is 26.3 Å². The maximum Gasteiger partial charge on any atom is 0.0476 e. The lowest BCUT2D eigenvalue weighted by Crippen LogP contribution is -2.10. The average molecular weight is 328 g/mol. The van der Waals surface area contributed by atoms with Crippen LogP contribution in [-0.4, -0.2) is 4.98 Å². The third kappa shape index (κ3) is 2.40. The summed E-state index contributed by atoms with van der Waals surface area (Å²) in [7, 11) is 0. The van der Waals surface area contributed by atoms with Crippen LogP contribution in [0.5, 0.6) is 0 Å². The number of hydrogen-bond donors (Lipinski definition) is 1. The number of H-pyrrole nitrogens is 1. The number of aromatic nitrogens is 1. The molecule has 102 valence electrons. The third-order valence-electron chi connectivity index (χ3n) is 3.65. The molecule has 0 spiro atoms. The van der Waals surface area contributed by atoms with Gasteiger partial charge in [-0.2, -0.15) is 0 Å². The Morgan fingerprint density at radius 2 is 1.70 bits per heavy atom. The normalized spacial score (nSPS) is 12.0. The highest BCUT2D eigenvalue weighted by Crippen LogP contribution is 2.32. The largest absolute Gasteiger partial charge is 0.354 e. The first kappa shape index (κ1) is 13.4. The zero-order chi connectivity index (χ0) is 14.3. The van der Waals surface area contributed by atoms with E-state index in [1.807, 2.05) is 6.07 Å². The van der Waals surface area contributed by atoms with Crippen molar-refractivity contribution in [2.45, 2.75) is 26.2 Å². The van der Waals surface area contributed by atoms with Gasteiger partial charge in [0, 0.05) is 26.6 Å². The minimum atomic E-state index is 0.180. The molecule has 1 aromatic heterocycles. The van der Waals surface area contributed by atoms with Crippen LogP contribution in [0.2, 0.25) is 0 Å². The van der Waals surface area contributed by atoms with Gasteiger partial charge in [-0.05, 0) is 35.2 Å². The lowest BCUT2D eigenvalue weighted by molar-refractivity contribution is 0.591. The first-order valence-corrected chi connectivity index (χ1v) is 7.62. The van der Waals surface area contributed by atoms with Gasteiger partial charge in [0.1, 0.15) is 0 Å². The molecule has 1 N–H and O–H groups in total. The Bertz CT molecular complexity index is 762. The highest BCUT2D eigenvalue weighted by Gasteiger charge is 2.14. The van der Waals surface area contributed by atoms with Crippen molar-refractivity contribution in [2.75, 3.05) is 0 Å². The summed E-state index contributed by atoms with van der Waals surface area (Å²) in [5.74, 6) is 0. The molecule has 0 radical (unpaired) electrons. The Morgan fingerprint density at radius 1 is 0.950 bits per heavy atom. The molecule has 0 aliphatic rings. The van der Waals surface area contributed by atoms with Gasteiger partial charge in [-0.3, -0.25) is 0 Å². The van der Waals surface area contributed by atoms with Gasteiger partial charge in [0.2, 0.25) is 0 Å². The minimum Gasteiger partial charge on any atom is -0.354 e. The van der Waals surface area contributed by atoms with Gasteiger partial charge in [0.25, 0.3) is 0 Å². The molecule has 1 heterocycles. The van der Waals surface area contributed by atoms with Gasteiger partial charge in [0.15, 0.2) is 0 Å². The quantitative estimate of drug-likeness (QED) is 0.573. The number of halogens is 1. The van der Waals surface area contributed by atoms with Crippen molar-refractivity contribution in [3.05, 3.63) is 58.6 Å². The molecule has 0 saturated heterocycles. The number of rotatable bonds is 1. The van der Waals surface area contributed by atoms with Crippen molar-refractivity contribution in [2.24, 2.45) is 0 Å². The maximum absolute atomic E-state index is 3.62. The van der Waals surface area contributed by atoms with Crippen LogP contribution in [0.25, 0.3) is 22.2 Å². The molecule has 20 heavy (non-hydrogen) atoms. The summed E-state index contributed by atoms with van der Waals surface area (Å²) in [6.45, 7) is 6.74. The van der Waals surface area contributed by atoms with E-state index in [0.29, 0.717) is 0 Å². The lowest BCUT2D eigenvalue weighted by atomic mass is 9.86. The summed E-state index contributed by atoms with van der Waals surface area (Å²) in [5.41, 5.74) is 5.07. The van der Waals surface area contributed by atoms with Crippen molar-refractivity contribution in [1.82, 2.24) is 4.98 Å². The predicted octanol–water partition coefficient (Wildman–Crippen LogP) is 5.89. The summed E-state index contributed by atoms with van der Waals surface area (Å²) in [5, 5.41) is 1.27. The molecule has 0 atom stereocenters. The van der Waals surface area contributed by atoms with E-state index in [0.717, 1.165) is 10.2 Å². The molecular weight excluding hydrogens is 310 g/mol. The SMILES string of the molecule is CC(C)(C)c1ccc2[nH]c(-c3ccccc3Br)cc2c1. The number of benzene rings is 2. The van der Waals surface area contributed by atoms with Crippen molar-refractivity contribution >= 4 is 26.8 Å². The van der Waals surface area contributed by atoms with Crippen LogP contribution >= 0.6 is 15.9 Å². The van der Waals surface area contributed by atoms with Gasteiger partial charge in [-0.1, -0.05) is 61.0 Å². The molecule has 0 unspecified atom stereocenters. The molecule has 0 saturated carbocycles. The van der Waals surface area contributed by atoms with E-state index >= 15 is 0 Å². The minimum absolute atomic E-state index is 0.180. The number of aromatic amines is 1. The van der Waals surface area contributed by atoms with Crippen LogP contribution in [0, 0.1) is 0 Å². The Morgan fingerprint density at radius 3 is 2.40 bits per heavy atom. The van der Waals surface area contributed by atoms with E-state index in [2.05, 4.69) is 84.1 Å². The maximum atomic E-state index is 3.62. The number of nitrogens with one attached hydrogen (secondary N) is 1. The summed E-state index contributed by atoms with van der Waals surface area (Å²) in [4.78, 5) is 3.50. The van der Waals surface area contributed by atoms with Gasteiger partial charge in [0.05, 0.1) is 0 Å². The van der Waals surface area contributed by atoms with Crippen molar-refractivity contribution in [1.29, 1.82) is 0 Å². The molecule has 0 bridgehead atoms. The van der Waals surface area contributed by atoms with Crippen LogP contribution in [0.3, 0.4) is 0 Å². The van der Waals surface area contributed by atoms with E-state index in [4.69, 9.17) is 0 Å². The molecule has 0 aliphatic carbocycles. The molecule has 0 aliphatic heterocycles. The third-order valence-corrected chi connectivity index (χ3v) is 4.34. The van der Waals surface area contributed by atoms with Gasteiger partial charge in [-0.25, -0.2) is 0 Å². The van der Waals surface area contributed by atoms with Crippen LogP contribution < -0.4 is 0 Å². The molecule has 3 aromatic rings. The Labute approximate surface area is 128 Å². The van der Waals surface area contributed by atoms with E-state index in [1.165, 1.54) is 22.0 Å². The summed E-state index contributed by atoms with van der Waals surface area (Å²) in [6.07, 6.45) is 0. The molecule has 3 rings (SSSR count). The summed E-state index contributed by atoms with van der Waals surface area (Å²) >= 11 is 3.62. The average Bonchev–Trinajstić information content (AvgIpc) is 2.80. The van der Waals surface area contributed by atoms with Gasteiger partial charge in [-0.15, -0.1) is 0 Å². The van der Waals surface area contributed by atoms with Crippen LogP contribution in [-0.2, 0) is 5.41 Å². The second-order valence-electron chi connectivity index (χ2n) is 6.21. The van der Waals surface area contributed by atoms with E-state index in [9.17, 15) is 0 Å². The first-order valence-electron chi connectivity index (χ1n) is 6.83. The zero-order valence-corrected chi connectivity index (χ0v) is 13.6. The summed E-state index contributed by atoms with van der Waals surface area (Å²) in [6, 6.07) is 17.2. The monoisotopic (exact) mass is 327 g/mol. The Kier molecular flexibility index (Phi) is 3.21. The van der Waals surface area contributed by atoms with E-state index in [-0.39, 0.29) is 5.41 Å². The molecule has 2 aromatic carbocycles. The fourth-order valence-electron chi connectivity index (χ4n) is 2.42. The molecule has 0 amide bonds. The fourth-order valence-corrected chi connectivity index (χ4v) is 2.92. The number of fused-ring (bicyclic) bond motifs is 1. The summed E-state index contributed by atoms with van der Waals surface area (Å²) < 4.78 is 1.11. The second-order valence-corrected chi connectivity index (χ2v) is 7.07. The Balaban J connectivity index is 2.14. The number of hydrogen-bond acceptors (Lipinski definition) is 0. The van der Waals surface area contributed by atoms with E-state index < -0.39 is 0 Å². The second kappa shape index (κ2) is 4.78.